The highest BCUT2D eigenvalue weighted by Gasteiger charge is 2.09. The Hall–Kier alpha value is -0.590. The lowest BCUT2D eigenvalue weighted by molar-refractivity contribution is -0.115. The van der Waals surface area contributed by atoms with Crippen molar-refractivity contribution in [3.05, 3.63) is 12.2 Å². The summed E-state index contributed by atoms with van der Waals surface area (Å²) >= 11 is 0. The summed E-state index contributed by atoms with van der Waals surface area (Å²) in [4.78, 5) is 10.6. The monoisotopic (exact) mass is 124 g/mol. The number of rotatable bonds is 1. The van der Waals surface area contributed by atoms with Crippen LogP contribution in [0.4, 0.5) is 0 Å². The number of hydrogen-bond donors (Lipinski definition) is 0. The second-order valence-electron chi connectivity index (χ2n) is 2.53. The summed E-state index contributed by atoms with van der Waals surface area (Å²) in [6.45, 7) is 2.16. The maximum Gasteiger partial charge on any atom is 0.155 e. The average Bonchev–Trinajstić information content (AvgIpc) is 1.90. The van der Waals surface area contributed by atoms with E-state index in [4.69, 9.17) is 0 Å². The number of ketones is 1. The van der Waals surface area contributed by atoms with Gasteiger partial charge in [-0.2, -0.15) is 0 Å². The fraction of sp³-hybridized carbons (Fsp3) is 0.625. The highest BCUT2D eigenvalue weighted by atomic mass is 16.1. The first-order valence-corrected chi connectivity index (χ1v) is 3.54. The van der Waals surface area contributed by atoms with Crippen LogP contribution in [0, 0.1) is 5.92 Å². The van der Waals surface area contributed by atoms with Gasteiger partial charge in [0.1, 0.15) is 0 Å². The van der Waals surface area contributed by atoms with Gasteiger partial charge in [0.15, 0.2) is 5.78 Å². The van der Waals surface area contributed by atoms with Crippen LogP contribution in [-0.4, -0.2) is 5.78 Å². The van der Waals surface area contributed by atoms with Crippen LogP contribution in [0.25, 0.3) is 0 Å². The Morgan fingerprint density at radius 2 is 2.56 bits per heavy atom. The van der Waals surface area contributed by atoms with Gasteiger partial charge < -0.3 is 0 Å². The minimum absolute atomic E-state index is 0.291. The molecule has 0 amide bonds. The van der Waals surface area contributed by atoms with Crippen LogP contribution in [0.5, 0.6) is 0 Å². The molecule has 0 fully saturated rings. The lowest BCUT2D eigenvalue weighted by Crippen LogP contribution is -2.05. The molecule has 0 saturated carbocycles. The third-order valence-electron chi connectivity index (χ3n) is 1.84. The summed E-state index contributed by atoms with van der Waals surface area (Å²) in [6, 6.07) is 0. The van der Waals surface area contributed by atoms with Crippen molar-refractivity contribution in [2.75, 3.05) is 0 Å². The Morgan fingerprint density at radius 1 is 1.78 bits per heavy atom. The number of carbonyl (C=O) groups is 1. The van der Waals surface area contributed by atoms with E-state index in [0.717, 1.165) is 12.8 Å². The largest absolute Gasteiger partial charge is 0.295 e. The van der Waals surface area contributed by atoms with Crippen molar-refractivity contribution in [3.8, 4) is 0 Å². The molecule has 1 nitrogen and oxygen atoms in total. The third kappa shape index (κ3) is 1.67. The van der Waals surface area contributed by atoms with Gasteiger partial charge in [-0.05, 0) is 24.8 Å². The molecule has 0 aromatic heterocycles. The highest BCUT2D eigenvalue weighted by molar-refractivity contribution is 5.90. The van der Waals surface area contributed by atoms with Gasteiger partial charge in [-0.25, -0.2) is 0 Å². The Kier molecular flexibility index (Phi) is 2.04. The van der Waals surface area contributed by atoms with Gasteiger partial charge in [-0.15, -0.1) is 0 Å². The van der Waals surface area contributed by atoms with Crippen molar-refractivity contribution >= 4 is 5.78 Å². The molecule has 0 heterocycles. The van der Waals surface area contributed by atoms with Crippen LogP contribution in [0.15, 0.2) is 12.2 Å². The molecule has 0 aromatic rings. The second kappa shape index (κ2) is 2.81. The van der Waals surface area contributed by atoms with Gasteiger partial charge >= 0.3 is 0 Å². The molecule has 50 valence electrons. The van der Waals surface area contributed by atoms with Gasteiger partial charge in [-0.1, -0.05) is 13.0 Å². The zero-order valence-electron chi connectivity index (χ0n) is 5.76. The summed E-state index contributed by atoms with van der Waals surface area (Å²) in [7, 11) is 0. The summed E-state index contributed by atoms with van der Waals surface area (Å²) < 4.78 is 0. The van der Waals surface area contributed by atoms with Crippen LogP contribution in [0.1, 0.15) is 26.2 Å². The van der Waals surface area contributed by atoms with E-state index in [2.05, 4.69) is 6.92 Å². The summed E-state index contributed by atoms with van der Waals surface area (Å²) in [5, 5.41) is 0. The van der Waals surface area contributed by atoms with E-state index < -0.39 is 0 Å². The van der Waals surface area contributed by atoms with Gasteiger partial charge in [-0.3, -0.25) is 4.79 Å². The fourth-order valence-electron chi connectivity index (χ4n) is 1.09. The van der Waals surface area contributed by atoms with Gasteiger partial charge in [0.05, 0.1) is 0 Å². The minimum Gasteiger partial charge on any atom is -0.295 e. The number of hydrogen-bond acceptors (Lipinski definition) is 1. The molecule has 1 heteroatoms. The molecule has 0 spiro atoms. The molecule has 0 saturated heterocycles. The Bertz CT molecular complexity index is 136. The smallest absolute Gasteiger partial charge is 0.155 e. The quantitative estimate of drug-likeness (QED) is 0.522. The summed E-state index contributed by atoms with van der Waals surface area (Å²) in [5.74, 6) is 0.961. The predicted octanol–water partition coefficient (Wildman–Crippen LogP) is 1.93. The molecule has 0 radical (unpaired) electrons. The van der Waals surface area contributed by atoms with E-state index >= 15 is 0 Å². The molecule has 1 aliphatic carbocycles. The Morgan fingerprint density at radius 3 is 3.00 bits per heavy atom. The standard InChI is InChI=1S/C8H12O/c1-2-7-3-5-8(9)6-4-7/h3,5,7H,2,4,6H2,1H3/t7-/m0/s1. The van der Waals surface area contributed by atoms with Gasteiger partial charge in [0, 0.05) is 6.42 Å². The molecule has 0 bridgehead atoms. The Labute approximate surface area is 55.8 Å². The molecule has 0 N–H and O–H groups in total. The van der Waals surface area contributed by atoms with Crippen LogP contribution in [-0.2, 0) is 4.79 Å². The van der Waals surface area contributed by atoms with Crippen LogP contribution >= 0.6 is 0 Å². The van der Waals surface area contributed by atoms with Crippen LogP contribution < -0.4 is 0 Å². The van der Waals surface area contributed by atoms with Crippen molar-refractivity contribution < 1.29 is 4.79 Å². The van der Waals surface area contributed by atoms with E-state index in [1.54, 1.807) is 6.08 Å². The molecular weight excluding hydrogens is 112 g/mol. The average molecular weight is 124 g/mol. The summed E-state index contributed by atoms with van der Waals surface area (Å²) in [6.07, 6.45) is 6.74. The molecule has 1 rings (SSSR count). The number of allylic oxidation sites excluding steroid dienone is 2. The SMILES string of the molecule is CC[C@H]1C=CC(=O)CC1. The van der Waals surface area contributed by atoms with Crippen molar-refractivity contribution in [1.82, 2.24) is 0 Å². The molecule has 1 aliphatic rings. The maximum absolute atomic E-state index is 10.6. The fourth-order valence-corrected chi connectivity index (χ4v) is 1.09. The van der Waals surface area contributed by atoms with Crippen molar-refractivity contribution in [1.29, 1.82) is 0 Å². The normalized spacial score (nSPS) is 26.8. The maximum atomic E-state index is 10.6. The first-order valence-electron chi connectivity index (χ1n) is 3.54. The third-order valence-corrected chi connectivity index (χ3v) is 1.84. The Balaban J connectivity index is 2.48. The minimum atomic E-state index is 0.291. The molecule has 1 atom stereocenters. The summed E-state index contributed by atoms with van der Waals surface area (Å²) in [5.41, 5.74) is 0. The lowest BCUT2D eigenvalue weighted by Gasteiger charge is -2.11. The van der Waals surface area contributed by atoms with Gasteiger partial charge in [0.25, 0.3) is 0 Å². The molecular formula is C8H12O. The van der Waals surface area contributed by atoms with Crippen molar-refractivity contribution in [2.45, 2.75) is 26.2 Å². The van der Waals surface area contributed by atoms with E-state index in [0.29, 0.717) is 11.7 Å². The molecule has 0 aliphatic heterocycles. The topological polar surface area (TPSA) is 17.1 Å². The van der Waals surface area contributed by atoms with Crippen LogP contribution in [0.2, 0.25) is 0 Å². The predicted molar refractivity (Wildman–Crippen MR) is 37.2 cm³/mol. The van der Waals surface area contributed by atoms with E-state index in [1.165, 1.54) is 6.42 Å². The first-order chi connectivity index (χ1) is 4.33. The van der Waals surface area contributed by atoms with Gasteiger partial charge in [0.2, 0.25) is 0 Å². The van der Waals surface area contributed by atoms with Crippen molar-refractivity contribution in [3.63, 3.8) is 0 Å². The van der Waals surface area contributed by atoms with Crippen molar-refractivity contribution in [2.24, 2.45) is 5.92 Å². The first kappa shape index (κ1) is 6.53. The zero-order valence-corrected chi connectivity index (χ0v) is 5.76. The van der Waals surface area contributed by atoms with E-state index in [1.807, 2.05) is 6.08 Å². The van der Waals surface area contributed by atoms with E-state index in [-0.39, 0.29) is 0 Å². The van der Waals surface area contributed by atoms with E-state index in [9.17, 15) is 4.79 Å². The molecule has 0 aromatic carbocycles. The zero-order chi connectivity index (χ0) is 6.69. The second-order valence-corrected chi connectivity index (χ2v) is 2.53. The molecule has 0 unspecified atom stereocenters. The highest BCUT2D eigenvalue weighted by Crippen LogP contribution is 2.17. The number of carbonyl (C=O) groups excluding carboxylic acids is 1. The van der Waals surface area contributed by atoms with Crippen LogP contribution in [0.3, 0.4) is 0 Å². The lowest BCUT2D eigenvalue weighted by atomic mass is 9.93. The molecule has 9 heavy (non-hydrogen) atoms.